The zero-order valence-corrected chi connectivity index (χ0v) is 15.8. The first-order chi connectivity index (χ1) is 13.0. The lowest BCUT2D eigenvalue weighted by Crippen LogP contribution is -2.18. The maximum absolute atomic E-state index is 12.6. The first kappa shape index (κ1) is 18.4. The Bertz CT molecular complexity index is 934. The van der Waals surface area contributed by atoms with Gasteiger partial charge in [0.2, 0.25) is 0 Å². The number of carbonyl (C=O) groups is 1. The van der Waals surface area contributed by atoms with Crippen LogP contribution in [-0.4, -0.2) is 47.1 Å². The van der Waals surface area contributed by atoms with Gasteiger partial charge in [-0.2, -0.15) is 10.2 Å². The molecule has 8 nitrogen and oxygen atoms in total. The van der Waals surface area contributed by atoms with Crippen LogP contribution < -0.4 is 15.0 Å². The SMILES string of the molecule is COc1ccc(Cn2cc(C(=O)Nc3cc(C)nnc3N(C)C)cn2)cc1. The number of rotatable bonds is 6. The molecule has 140 valence electrons. The normalized spacial score (nSPS) is 10.5. The minimum atomic E-state index is -0.244. The molecule has 3 aromatic rings. The summed E-state index contributed by atoms with van der Waals surface area (Å²) in [5.41, 5.74) is 2.88. The fourth-order valence-corrected chi connectivity index (χ4v) is 2.58. The Morgan fingerprint density at radius 1 is 1.22 bits per heavy atom. The highest BCUT2D eigenvalue weighted by molar-refractivity contribution is 6.05. The Morgan fingerprint density at radius 3 is 2.63 bits per heavy atom. The number of hydrogen-bond acceptors (Lipinski definition) is 6. The summed E-state index contributed by atoms with van der Waals surface area (Å²) in [5.74, 6) is 1.16. The van der Waals surface area contributed by atoms with E-state index in [1.165, 1.54) is 0 Å². The molecule has 0 saturated carbocycles. The number of aryl methyl sites for hydroxylation is 1. The molecule has 0 saturated heterocycles. The van der Waals surface area contributed by atoms with E-state index in [0.29, 0.717) is 23.6 Å². The quantitative estimate of drug-likeness (QED) is 0.721. The Hall–Kier alpha value is -3.42. The molecule has 2 heterocycles. The Morgan fingerprint density at radius 2 is 1.96 bits per heavy atom. The van der Waals surface area contributed by atoms with Crippen LogP contribution in [-0.2, 0) is 6.54 Å². The van der Waals surface area contributed by atoms with E-state index in [0.717, 1.165) is 17.0 Å². The van der Waals surface area contributed by atoms with Crippen LogP contribution in [0.1, 0.15) is 21.6 Å². The first-order valence-electron chi connectivity index (χ1n) is 8.44. The van der Waals surface area contributed by atoms with Gasteiger partial charge < -0.3 is 15.0 Å². The lowest BCUT2D eigenvalue weighted by molar-refractivity contribution is 0.102. The van der Waals surface area contributed by atoms with E-state index in [1.54, 1.807) is 35.2 Å². The van der Waals surface area contributed by atoms with Crippen LogP contribution in [0.5, 0.6) is 5.75 Å². The molecule has 0 bridgehead atoms. The van der Waals surface area contributed by atoms with Gasteiger partial charge in [0.15, 0.2) is 5.82 Å². The van der Waals surface area contributed by atoms with Gasteiger partial charge in [-0.25, -0.2) is 0 Å². The van der Waals surface area contributed by atoms with Crippen molar-refractivity contribution in [3.8, 4) is 5.75 Å². The second-order valence-electron chi connectivity index (χ2n) is 6.35. The average Bonchev–Trinajstić information content (AvgIpc) is 3.11. The first-order valence-corrected chi connectivity index (χ1v) is 8.44. The highest BCUT2D eigenvalue weighted by Gasteiger charge is 2.14. The van der Waals surface area contributed by atoms with Gasteiger partial charge in [-0.15, -0.1) is 5.10 Å². The zero-order valence-electron chi connectivity index (χ0n) is 15.8. The van der Waals surface area contributed by atoms with Gasteiger partial charge in [-0.1, -0.05) is 12.1 Å². The van der Waals surface area contributed by atoms with Crippen LogP contribution in [0.4, 0.5) is 11.5 Å². The van der Waals surface area contributed by atoms with Crippen LogP contribution >= 0.6 is 0 Å². The van der Waals surface area contributed by atoms with Crippen molar-refractivity contribution in [3.63, 3.8) is 0 Å². The molecule has 8 heteroatoms. The lowest BCUT2D eigenvalue weighted by atomic mass is 10.2. The van der Waals surface area contributed by atoms with E-state index in [1.807, 2.05) is 45.3 Å². The molecule has 2 aromatic heterocycles. The van der Waals surface area contributed by atoms with Gasteiger partial charge in [0, 0.05) is 20.3 Å². The third kappa shape index (κ3) is 4.41. The van der Waals surface area contributed by atoms with Crippen molar-refractivity contribution in [1.29, 1.82) is 0 Å². The van der Waals surface area contributed by atoms with Crippen molar-refractivity contribution in [2.75, 3.05) is 31.4 Å². The summed E-state index contributed by atoms with van der Waals surface area (Å²) in [4.78, 5) is 14.4. The third-order valence-corrected chi connectivity index (χ3v) is 3.97. The molecule has 0 unspecified atom stereocenters. The van der Waals surface area contributed by atoms with Gasteiger partial charge >= 0.3 is 0 Å². The molecular weight excluding hydrogens is 344 g/mol. The summed E-state index contributed by atoms with van der Waals surface area (Å²) in [7, 11) is 5.33. The third-order valence-electron chi connectivity index (χ3n) is 3.97. The van der Waals surface area contributed by atoms with Gasteiger partial charge in [0.05, 0.1) is 36.8 Å². The lowest BCUT2D eigenvalue weighted by Gasteiger charge is -2.15. The summed E-state index contributed by atoms with van der Waals surface area (Å²) >= 11 is 0. The standard InChI is InChI=1S/C19H22N6O2/c1-13-9-17(18(23-22-13)24(2)3)21-19(26)15-10-20-25(12-15)11-14-5-7-16(27-4)8-6-14/h5-10,12H,11H2,1-4H3,(H,21,22,26). The minimum absolute atomic E-state index is 0.244. The highest BCUT2D eigenvalue weighted by Crippen LogP contribution is 2.22. The largest absolute Gasteiger partial charge is 0.497 e. The van der Waals surface area contributed by atoms with Gasteiger partial charge in [0.25, 0.3) is 5.91 Å². The molecule has 0 radical (unpaired) electrons. The molecule has 0 atom stereocenters. The molecule has 0 spiro atoms. The number of aromatic nitrogens is 4. The van der Waals surface area contributed by atoms with Gasteiger partial charge in [-0.05, 0) is 30.7 Å². The van der Waals surface area contributed by atoms with Crippen molar-refractivity contribution in [2.24, 2.45) is 0 Å². The summed E-state index contributed by atoms with van der Waals surface area (Å²) in [6, 6.07) is 9.52. The van der Waals surface area contributed by atoms with E-state index in [4.69, 9.17) is 4.74 Å². The number of methoxy groups -OCH3 is 1. The average molecular weight is 366 g/mol. The molecular formula is C19H22N6O2. The predicted octanol–water partition coefficient (Wildman–Crippen LogP) is 2.36. The van der Waals surface area contributed by atoms with Crippen LogP contribution in [0, 0.1) is 6.92 Å². The maximum Gasteiger partial charge on any atom is 0.258 e. The fourth-order valence-electron chi connectivity index (χ4n) is 2.58. The van der Waals surface area contributed by atoms with E-state index in [-0.39, 0.29) is 5.91 Å². The molecule has 0 aliphatic rings. The zero-order chi connectivity index (χ0) is 19.4. The van der Waals surface area contributed by atoms with Crippen molar-refractivity contribution < 1.29 is 9.53 Å². The smallest absolute Gasteiger partial charge is 0.258 e. The Balaban J connectivity index is 1.72. The molecule has 3 rings (SSSR count). The summed E-state index contributed by atoms with van der Waals surface area (Å²) in [5, 5.41) is 15.3. The summed E-state index contributed by atoms with van der Waals surface area (Å²) in [6.07, 6.45) is 3.27. The molecule has 1 amide bonds. The number of hydrogen-bond donors (Lipinski definition) is 1. The predicted molar refractivity (Wildman–Crippen MR) is 103 cm³/mol. The number of nitrogens with one attached hydrogen (secondary N) is 1. The Labute approximate surface area is 157 Å². The van der Waals surface area contributed by atoms with Crippen LogP contribution in [0.25, 0.3) is 0 Å². The van der Waals surface area contributed by atoms with E-state index < -0.39 is 0 Å². The number of benzene rings is 1. The van der Waals surface area contributed by atoms with Crippen molar-refractivity contribution >= 4 is 17.4 Å². The van der Waals surface area contributed by atoms with E-state index in [2.05, 4.69) is 20.6 Å². The molecule has 1 aromatic carbocycles. The molecule has 27 heavy (non-hydrogen) atoms. The molecule has 1 N–H and O–H groups in total. The second-order valence-corrected chi connectivity index (χ2v) is 6.35. The molecule has 0 fully saturated rings. The summed E-state index contributed by atoms with van der Waals surface area (Å²) in [6.45, 7) is 2.39. The topological polar surface area (TPSA) is 85.2 Å². The minimum Gasteiger partial charge on any atom is -0.497 e. The van der Waals surface area contributed by atoms with Gasteiger partial charge in [0.1, 0.15) is 5.75 Å². The Kier molecular flexibility index (Phi) is 5.35. The van der Waals surface area contributed by atoms with E-state index in [9.17, 15) is 4.79 Å². The molecule has 0 aliphatic carbocycles. The summed E-state index contributed by atoms with van der Waals surface area (Å²) < 4.78 is 6.88. The molecule has 0 aliphatic heterocycles. The van der Waals surface area contributed by atoms with Gasteiger partial charge in [-0.3, -0.25) is 9.48 Å². The monoisotopic (exact) mass is 366 g/mol. The second kappa shape index (κ2) is 7.86. The van der Waals surface area contributed by atoms with E-state index >= 15 is 0 Å². The van der Waals surface area contributed by atoms with Crippen LogP contribution in [0.2, 0.25) is 0 Å². The number of carbonyl (C=O) groups excluding carboxylic acids is 1. The van der Waals surface area contributed by atoms with Crippen LogP contribution in [0.3, 0.4) is 0 Å². The van der Waals surface area contributed by atoms with Crippen molar-refractivity contribution in [3.05, 3.63) is 59.5 Å². The maximum atomic E-state index is 12.6. The number of amides is 1. The highest BCUT2D eigenvalue weighted by atomic mass is 16.5. The van der Waals surface area contributed by atoms with Crippen molar-refractivity contribution in [1.82, 2.24) is 20.0 Å². The van der Waals surface area contributed by atoms with Crippen LogP contribution in [0.15, 0.2) is 42.7 Å². The number of ether oxygens (including phenoxy) is 1. The number of anilines is 2. The fraction of sp³-hybridized carbons (Fsp3) is 0.263. The van der Waals surface area contributed by atoms with Crippen molar-refractivity contribution in [2.45, 2.75) is 13.5 Å². The number of nitrogens with zero attached hydrogens (tertiary/aromatic N) is 5.